The van der Waals surface area contributed by atoms with Crippen molar-refractivity contribution in [3.05, 3.63) is 67.2 Å². The van der Waals surface area contributed by atoms with Gasteiger partial charge < -0.3 is 5.32 Å². The summed E-state index contributed by atoms with van der Waals surface area (Å²) in [5, 5.41) is 4.13. The van der Waals surface area contributed by atoms with Gasteiger partial charge in [-0.05, 0) is 59.3 Å². The maximum atomic E-state index is 12.2. The maximum Gasteiger partial charge on any atom is 0.251 e. The Kier molecular flexibility index (Phi) is 5.29. The molecule has 2 aromatic carbocycles. The van der Waals surface area contributed by atoms with Crippen LogP contribution in [0.4, 0.5) is 0 Å². The number of rotatable bonds is 3. The summed E-state index contributed by atoms with van der Waals surface area (Å²) in [6.45, 7) is 1.90. The second kappa shape index (κ2) is 6.78. The maximum absolute atomic E-state index is 12.2. The van der Waals surface area contributed by atoms with E-state index in [0.29, 0.717) is 15.6 Å². The zero-order valence-corrected chi connectivity index (χ0v) is 14.3. The van der Waals surface area contributed by atoms with Crippen molar-refractivity contribution in [2.24, 2.45) is 0 Å². The van der Waals surface area contributed by atoms with Crippen LogP contribution in [-0.4, -0.2) is 5.91 Å². The van der Waals surface area contributed by atoms with Crippen molar-refractivity contribution in [3.63, 3.8) is 0 Å². The summed E-state index contributed by atoms with van der Waals surface area (Å²) in [6.07, 6.45) is 0. The highest BCUT2D eigenvalue weighted by atomic mass is 127. The first-order valence-corrected chi connectivity index (χ1v) is 7.83. The smallest absolute Gasteiger partial charge is 0.251 e. The van der Waals surface area contributed by atoms with E-state index in [9.17, 15) is 4.79 Å². The highest BCUT2D eigenvalue weighted by Crippen LogP contribution is 2.23. The first-order chi connectivity index (χ1) is 9.49. The minimum Gasteiger partial charge on any atom is -0.345 e. The highest BCUT2D eigenvalue weighted by Gasteiger charge is 2.14. The van der Waals surface area contributed by atoms with Crippen molar-refractivity contribution < 1.29 is 4.79 Å². The number of carbonyl (C=O) groups excluding carboxylic acids is 1. The summed E-state index contributed by atoms with van der Waals surface area (Å²) in [4.78, 5) is 12.2. The molecule has 1 atom stereocenters. The van der Waals surface area contributed by atoms with E-state index in [4.69, 9.17) is 23.2 Å². The van der Waals surface area contributed by atoms with E-state index in [2.05, 4.69) is 27.9 Å². The summed E-state index contributed by atoms with van der Waals surface area (Å²) in [7, 11) is 0. The van der Waals surface area contributed by atoms with Crippen LogP contribution >= 0.6 is 45.8 Å². The molecule has 2 nitrogen and oxygen atoms in total. The van der Waals surface area contributed by atoms with Crippen molar-refractivity contribution >= 4 is 51.7 Å². The van der Waals surface area contributed by atoms with Gasteiger partial charge in [-0.3, -0.25) is 4.79 Å². The van der Waals surface area contributed by atoms with Gasteiger partial charge in [0, 0.05) is 14.2 Å². The molecule has 0 aromatic heterocycles. The van der Waals surface area contributed by atoms with Crippen molar-refractivity contribution in [2.75, 3.05) is 0 Å². The Balaban J connectivity index is 2.15. The van der Waals surface area contributed by atoms with Crippen LogP contribution < -0.4 is 5.32 Å². The van der Waals surface area contributed by atoms with Crippen LogP contribution in [0.15, 0.2) is 42.5 Å². The second-order valence-electron chi connectivity index (χ2n) is 4.35. The van der Waals surface area contributed by atoms with Gasteiger partial charge in [0.2, 0.25) is 0 Å². The number of carbonyl (C=O) groups is 1. The lowest BCUT2D eigenvalue weighted by atomic mass is 10.1. The molecular formula is C15H12Cl2INO. The van der Waals surface area contributed by atoms with E-state index >= 15 is 0 Å². The van der Waals surface area contributed by atoms with E-state index in [0.717, 1.165) is 9.13 Å². The van der Waals surface area contributed by atoms with Crippen LogP contribution in [0, 0.1) is 3.57 Å². The summed E-state index contributed by atoms with van der Waals surface area (Å²) in [5.41, 5.74) is 1.42. The lowest BCUT2D eigenvalue weighted by Crippen LogP contribution is -2.26. The number of hydrogen-bond acceptors (Lipinski definition) is 1. The molecule has 2 rings (SSSR count). The summed E-state index contributed by atoms with van der Waals surface area (Å²) < 4.78 is 0.917. The highest BCUT2D eigenvalue weighted by molar-refractivity contribution is 14.1. The average molecular weight is 420 g/mol. The SMILES string of the molecule is CC(NC(=O)c1ccc(I)c(Cl)c1)c1ccccc1Cl. The normalized spacial score (nSPS) is 12.0. The molecule has 0 fully saturated rings. The molecule has 1 unspecified atom stereocenters. The molecule has 104 valence electrons. The summed E-state index contributed by atoms with van der Waals surface area (Å²) in [6, 6.07) is 12.5. The van der Waals surface area contributed by atoms with Crippen LogP contribution in [0.25, 0.3) is 0 Å². The van der Waals surface area contributed by atoms with E-state index < -0.39 is 0 Å². The third-order valence-electron chi connectivity index (χ3n) is 2.90. The lowest BCUT2D eigenvalue weighted by molar-refractivity contribution is 0.0940. The monoisotopic (exact) mass is 419 g/mol. The van der Waals surface area contributed by atoms with Crippen molar-refractivity contribution in [2.45, 2.75) is 13.0 Å². The molecule has 0 saturated carbocycles. The molecule has 5 heteroatoms. The van der Waals surface area contributed by atoms with Gasteiger partial charge in [-0.15, -0.1) is 0 Å². The largest absolute Gasteiger partial charge is 0.345 e. The Bertz CT molecular complexity index is 646. The number of benzene rings is 2. The Morgan fingerprint density at radius 2 is 1.85 bits per heavy atom. The Labute approximate surface area is 141 Å². The van der Waals surface area contributed by atoms with Crippen LogP contribution in [-0.2, 0) is 0 Å². The molecule has 0 spiro atoms. The third-order valence-corrected chi connectivity index (χ3v) is 4.82. The van der Waals surface area contributed by atoms with Gasteiger partial charge >= 0.3 is 0 Å². The van der Waals surface area contributed by atoms with Crippen LogP contribution in [0.5, 0.6) is 0 Å². The molecule has 0 aliphatic rings. The number of nitrogens with one attached hydrogen (secondary N) is 1. The van der Waals surface area contributed by atoms with Crippen LogP contribution in [0.3, 0.4) is 0 Å². The zero-order chi connectivity index (χ0) is 14.7. The molecule has 2 aromatic rings. The average Bonchev–Trinajstić information content (AvgIpc) is 2.42. The molecule has 20 heavy (non-hydrogen) atoms. The molecule has 0 saturated heterocycles. The van der Waals surface area contributed by atoms with Crippen molar-refractivity contribution in [3.8, 4) is 0 Å². The van der Waals surface area contributed by atoms with E-state index in [-0.39, 0.29) is 11.9 Å². The quantitative estimate of drug-likeness (QED) is 0.689. The fraction of sp³-hybridized carbons (Fsp3) is 0.133. The van der Waals surface area contributed by atoms with Crippen molar-refractivity contribution in [1.82, 2.24) is 5.32 Å². The van der Waals surface area contributed by atoms with E-state index in [1.54, 1.807) is 18.2 Å². The van der Waals surface area contributed by atoms with Crippen LogP contribution in [0.1, 0.15) is 28.9 Å². The summed E-state index contributed by atoms with van der Waals surface area (Å²) in [5.74, 6) is -0.171. The lowest BCUT2D eigenvalue weighted by Gasteiger charge is -2.16. The predicted molar refractivity (Wildman–Crippen MR) is 91.5 cm³/mol. The topological polar surface area (TPSA) is 29.1 Å². The third kappa shape index (κ3) is 3.65. The van der Waals surface area contributed by atoms with Gasteiger partial charge in [-0.1, -0.05) is 41.4 Å². The number of amides is 1. The fourth-order valence-corrected chi connectivity index (χ4v) is 2.64. The van der Waals surface area contributed by atoms with Crippen LogP contribution in [0.2, 0.25) is 10.0 Å². The predicted octanol–water partition coefficient (Wildman–Crippen LogP) is 5.09. The van der Waals surface area contributed by atoms with Gasteiger partial charge in [0.25, 0.3) is 5.91 Å². The minimum atomic E-state index is -0.172. The molecule has 1 N–H and O–H groups in total. The molecule has 1 amide bonds. The Hall–Kier alpha value is -0.780. The van der Waals surface area contributed by atoms with Gasteiger partial charge in [0.15, 0.2) is 0 Å². The zero-order valence-electron chi connectivity index (χ0n) is 10.7. The van der Waals surface area contributed by atoms with E-state index in [1.807, 2.05) is 31.2 Å². The van der Waals surface area contributed by atoms with Gasteiger partial charge in [0.05, 0.1) is 11.1 Å². The molecule has 0 aliphatic heterocycles. The fourth-order valence-electron chi connectivity index (χ4n) is 1.82. The molecule has 0 bridgehead atoms. The number of hydrogen-bond donors (Lipinski definition) is 1. The molecule has 0 aliphatic carbocycles. The molecule has 0 radical (unpaired) electrons. The summed E-state index contributed by atoms with van der Waals surface area (Å²) >= 11 is 14.3. The number of halogens is 3. The molecule has 0 heterocycles. The second-order valence-corrected chi connectivity index (χ2v) is 6.32. The van der Waals surface area contributed by atoms with E-state index in [1.165, 1.54) is 0 Å². The first-order valence-electron chi connectivity index (χ1n) is 5.99. The Morgan fingerprint density at radius 3 is 2.50 bits per heavy atom. The van der Waals surface area contributed by atoms with Gasteiger partial charge in [-0.25, -0.2) is 0 Å². The first kappa shape index (κ1) is 15.6. The van der Waals surface area contributed by atoms with Gasteiger partial charge in [-0.2, -0.15) is 0 Å². The molecular weight excluding hydrogens is 408 g/mol. The van der Waals surface area contributed by atoms with Gasteiger partial charge in [0.1, 0.15) is 0 Å². The Morgan fingerprint density at radius 1 is 1.15 bits per heavy atom. The minimum absolute atomic E-state index is 0.171. The standard InChI is InChI=1S/C15H12Cl2INO/c1-9(11-4-2-3-5-12(11)16)19-15(20)10-6-7-14(18)13(17)8-10/h2-9H,1H3,(H,19,20). The van der Waals surface area contributed by atoms with Crippen molar-refractivity contribution in [1.29, 1.82) is 0 Å².